The van der Waals surface area contributed by atoms with Gasteiger partial charge in [-0.15, -0.1) is 10.2 Å². The maximum absolute atomic E-state index is 11.7. The molecule has 0 aliphatic carbocycles. The number of H-pyrrole nitrogens is 1. The minimum absolute atomic E-state index is 0.0253. The molecule has 0 spiro atoms. The zero-order valence-electron chi connectivity index (χ0n) is 10.3. The number of nitrogens with one attached hydrogen (secondary N) is 2. The van der Waals surface area contributed by atoms with Crippen molar-refractivity contribution in [2.45, 2.75) is 20.0 Å². The largest absolute Gasteiger partial charge is 0.489 e. The number of aromatic nitrogens is 4. The summed E-state index contributed by atoms with van der Waals surface area (Å²) in [6, 6.07) is 4.97. The quantitative estimate of drug-likeness (QED) is 0.893. The fourth-order valence-corrected chi connectivity index (χ4v) is 1.60. The van der Waals surface area contributed by atoms with E-state index in [0.717, 1.165) is 0 Å². The van der Waals surface area contributed by atoms with Gasteiger partial charge in [0.05, 0.1) is 11.1 Å². The molecule has 0 unspecified atom stereocenters. The molecule has 2 rings (SSSR count). The van der Waals surface area contributed by atoms with Crippen molar-refractivity contribution in [3.63, 3.8) is 0 Å². The number of rotatable bonds is 4. The average molecular weight is 282 g/mol. The molecule has 0 atom stereocenters. The Kier molecular flexibility index (Phi) is 3.96. The molecule has 0 radical (unpaired) electrons. The van der Waals surface area contributed by atoms with Crippen LogP contribution in [0.5, 0.6) is 5.75 Å². The Hall–Kier alpha value is -2.15. The molecule has 1 aromatic carbocycles. The standard InChI is InChI=1S/C11H12ClN5O2/c1-6(2)19-9-4-3-7(5-8(9)12)13-11(18)10-14-16-17-15-10/h3-6H,1-2H3,(H,13,18)(H,14,15,16,17). The van der Waals surface area contributed by atoms with E-state index in [9.17, 15) is 4.79 Å². The minimum atomic E-state index is -0.470. The molecule has 2 N–H and O–H groups in total. The van der Waals surface area contributed by atoms with Crippen molar-refractivity contribution in [2.75, 3.05) is 5.32 Å². The van der Waals surface area contributed by atoms with Gasteiger partial charge in [0.15, 0.2) is 0 Å². The lowest BCUT2D eigenvalue weighted by Crippen LogP contribution is -2.14. The Balaban J connectivity index is 2.10. The Morgan fingerprint density at radius 3 is 2.84 bits per heavy atom. The predicted octanol–water partition coefficient (Wildman–Crippen LogP) is 1.89. The number of ether oxygens (including phenoxy) is 1. The van der Waals surface area contributed by atoms with E-state index in [-0.39, 0.29) is 11.9 Å². The van der Waals surface area contributed by atoms with Gasteiger partial charge in [-0.1, -0.05) is 11.6 Å². The molecular formula is C11H12ClN5O2. The van der Waals surface area contributed by atoms with E-state index in [4.69, 9.17) is 16.3 Å². The van der Waals surface area contributed by atoms with E-state index in [1.54, 1.807) is 18.2 Å². The summed E-state index contributed by atoms with van der Waals surface area (Å²) in [6.45, 7) is 3.81. The molecule has 1 aromatic heterocycles. The SMILES string of the molecule is CC(C)Oc1ccc(NC(=O)c2nn[nH]n2)cc1Cl. The molecule has 1 amide bonds. The number of hydrogen-bond donors (Lipinski definition) is 2. The number of halogens is 1. The maximum atomic E-state index is 11.7. The highest BCUT2D eigenvalue weighted by Gasteiger charge is 2.12. The Morgan fingerprint density at radius 1 is 1.47 bits per heavy atom. The van der Waals surface area contributed by atoms with Crippen molar-refractivity contribution in [2.24, 2.45) is 0 Å². The van der Waals surface area contributed by atoms with Gasteiger partial charge in [0, 0.05) is 5.69 Å². The van der Waals surface area contributed by atoms with Gasteiger partial charge in [-0.25, -0.2) is 0 Å². The van der Waals surface area contributed by atoms with Crippen LogP contribution in [0.25, 0.3) is 0 Å². The number of tetrazole rings is 1. The van der Waals surface area contributed by atoms with E-state index in [1.165, 1.54) is 0 Å². The molecular weight excluding hydrogens is 270 g/mol. The number of carbonyl (C=O) groups is 1. The predicted molar refractivity (Wildman–Crippen MR) is 69.3 cm³/mol. The Bertz CT molecular complexity index is 570. The Morgan fingerprint density at radius 2 is 2.26 bits per heavy atom. The molecule has 8 heteroatoms. The van der Waals surface area contributed by atoms with Crippen LogP contribution < -0.4 is 10.1 Å². The summed E-state index contributed by atoms with van der Waals surface area (Å²) >= 11 is 6.06. The van der Waals surface area contributed by atoms with Crippen LogP contribution in [0.3, 0.4) is 0 Å². The van der Waals surface area contributed by atoms with Gasteiger partial charge in [0.25, 0.3) is 11.7 Å². The molecule has 0 aliphatic heterocycles. The fraction of sp³-hybridized carbons (Fsp3) is 0.273. The number of aromatic amines is 1. The lowest BCUT2D eigenvalue weighted by molar-refractivity contribution is 0.101. The molecule has 0 saturated carbocycles. The molecule has 2 aromatic rings. The van der Waals surface area contributed by atoms with Gasteiger partial charge < -0.3 is 10.1 Å². The van der Waals surface area contributed by atoms with Gasteiger partial charge >= 0.3 is 0 Å². The second-order valence-electron chi connectivity index (χ2n) is 4.00. The molecule has 100 valence electrons. The van der Waals surface area contributed by atoms with Crippen molar-refractivity contribution < 1.29 is 9.53 Å². The highest BCUT2D eigenvalue weighted by Crippen LogP contribution is 2.28. The normalized spacial score (nSPS) is 10.5. The zero-order valence-corrected chi connectivity index (χ0v) is 11.1. The summed E-state index contributed by atoms with van der Waals surface area (Å²) in [5, 5.41) is 15.7. The van der Waals surface area contributed by atoms with E-state index in [0.29, 0.717) is 16.5 Å². The van der Waals surface area contributed by atoms with Crippen LogP contribution in [0.1, 0.15) is 24.5 Å². The molecule has 0 aliphatic rings. The van der Waals surface area contributed by atoms with Crippen LogP contribution in [-0.2, 0) is 0 Å². The van der Waals surface area contributed by atoms with Crippen LogP contribution in [0.2, 0.25) is 5.02 Å². The van der Waals surface area contributed by atoms with Crippen LogP contribution >= 0.6 is 11.6 Å². The van der Waals surface area contributed by atoms with Gasteiger partial charge in [0.1, 0.15) is 5.75 Å². The van der Waals surface area contributed by atoms with E-state index in [1.807, 2.05) is 13.8 Å². The number of nitrogens with zero attached hydrogens (tertiary/aromatic N) is 3. The maximum Gasteiger partial charge on any atom is 0.297 e. The first-order valence-corrected chi connectivity index (χ1v) is 5.95. The number of benzene rings is 1. The molecule has 19 heavy (non-hydrogen) atoms. The van der Waals surface area contributed by atoms with Crippen molar-refractivity contribution in [3.05, 3.63) is 29.0 Å². The fourth-order valence-electron chi connectivity index (χ4n) is 1.37. The topological polar surface area (TPSA) is 92.8 Å². The summed E-state index contributed by atoms with van der Waals surface area (Å²) < 4.78 is 5.49. The van der Waals surface area contributed by atoms with Crippen LogP contribution in [0.4, 0.5) is 5.69 Å². The van der Waals surface area contributed by atoms with Crippen molar-refractivity contribution in [1.82, 2.24) is 20.6 Å². The highest BCUT2D eigenvalue weighted by molar-refractivity contribution is 6.32. The van der Waals surface area contributed by atoms with Gasteiger partial charge in [-0.3, -0.25) is 4.79 Å². The van der Waals surface area contributed by atoms with Crippen LogP contribution in [0.15, 0.2) is 18.2 Å². The zero-order chi connectivity index (χ0) is 13.8. The van der Waals surface area contributed by atoms with Crippen LogP contribution in [-0.4, -0.2) is 32.6 Å². The number of carbonyl (C=O) groups excluding carboxylic acids is 1. The monoisotopic (exact) mass is 281 g/mol. The lowest BCUT2D eigenvalue weighted by Gasteiger charge is -2.12. The molecule has 0 fully saturated rings. The Labute approximate surface area is 114 Å². The number of amides is 1. The average Bonchev–Trinajstić information content (AvgIpc) is 2.86. The summed E-state index contributed by atoms with van der Waals surface area (Å²) in [6.07, 6.45) is 0.0253. The molecule has 1 heterocycles. The van der Waals surface area contributed by atoms with Crippen molar-refractivity contribution >= 4 is 23.2 Å². The van der Waals surface area contributed by atoms with Gasteiger partial charge in [0.2, 0.25) is 0 Å². The third kappa shape index (κ3) is 3.41. The smallest absolute Gasteiger partial charge is 0.297 e. The second kappa shape index (κ2) is 5.66. The molecule has 0 saturated heterocycles. The third-order valence-electron chi connectivity index (χ3n) is 2.10. The van der Waals surface area contributed by atoms with Gasteiger partial charge in [-0.05, 0) is 37.3 Å². The third-order valence-corrected chi connectivity index (χ3v) is 2.40. The minimum Gasteiger partial charge on any atom is -0.489 e. The summed E-state index contributed by atoms with van der Waals surface area (Å²) in [4.78, 5) is 11.7. The highest BCUT2D eigenvalue weighted by atomic mass is 35.5. The van der Waals surface area contributed by atoms with E-state index in [2.05, 4.69) is 25.9 Å². The first kappa shape index (κ1) is 13.3. The summed E-state index contributed by atoms with van der Waals surface area (Å²) in [5.74, 6) is 0.0511. The second-order valence-corrected chi connectivity index (χ2v) is 4.41. The van der Waals surface area contributed by atoms with E-state index < -0.39 is 5.91 Å². The van der Waals surface area contributed by atoms with Crippen molar-refractivity contribution in [1.29, 1.82) is 0 Å². The van der Waals surface area contributed by atoms with Crippen molar-refractivity contribution in [3.8, 4) is 5.75 Å². The van der Waals surface area contributed by atoms with E-state index >= 15 is 0 Å². The van der Waals surface area contributed by atoms with Crippen LogP contribution in [0, 0.1) is 0 Å². The first-order chi connectivity index (χ1) is 9.06. The van der Waals surface area contributed by atoms with Gasteiger partial charge in [-0.2, -0.15) is 5.21 Å². The molecule has 0 bridgehead atoms. The number of anilines is 1. The first-order valence-electron chi connectivity index (χ1n) is 5.57. The summed E-state index contributed by atoms with van der Waals surface area (Å²) in [5.41, 5.74) is 0.524. The summed E-state index contributed by atoms with van der Waals surface area (Å²) in [7, 11) is 0. The number of hydrogen-bond acceptors (Lipinski definition) is 5. The molecule has 7 nitrogen and oxygen atoms in total. The lowest BCUT2D eigenvalue weighted by atomic mass is 10.3.